The van der Waals surface area contributed by atoms with E-state index in [1.807, 2.05) is 0 Å². The average molecular weight is 297 g/mol. The molecule has 21 heavy (non-hydrogen) atoms. The molecule has 1 rings (SSSR count). The second-order valence-corrected chi connectivity index (χ2v) is 6.61. The zero-order valence-electron chi connectivity index (χ0n) is 14.3. The van der Waals surface area contributed by atoms with Crippen LogP contribution in [0.3, 0.4) is 0 Å². The zero-order chi connectivity index (χ0) is 15.7. The Kier molecular flexibility index (Phi) is 8.27. The van der Waals surface area contributed by atoms with Gasteiger partial charge in [-0.3, -0.25) is 9.69 Å². The Morgan fingerprint density at radius 1 is 1.24 bits per heavy atom. The average Bonchev–Trinajstić information content (AvgIpc) is 2.71. The van der Waals surface area contributed by atoms with Gasteiger partial charge in [0.2, 0.25) is 5.91 Å². The van der Waals surface area contributed by atoms with Gasteiger partial charge < -0.3 is 11.1 Å². The summed E-state index contributed by atoms with van der Waals surface area (Å²) in [6, 6.07) is 0.268. The molecule has 0 bridgehead atoms. The van der Waals surface area contributed by atoms with E-state index in [-0.39, 0.29) is 17.5 Å². The van der Waals surface area contributed by atoms with E-state index in [4.69, 9.17) is 5.73 Å². The molecule has 1 saturated carbocycles. The van der Waals surface area contributed by atoms with Crippen LogP contribution in [-0.2, 0) is 4.79 Å². The van der Waals surface area contributed by atoms with Crippen LogP contribution in [0.2, 0.25) is 0 Å². The first-order valence-electron chi connectivity index (χ1n) is 8.82. The fourth-order valence-corrected chi connectivity index (χ4v) is 3.65. The fraction of sp³-hybridized carbons (Fsp3) is 0.941. The van der Waals surface area contributed by atoms with Crippen LogP contribution < -0.4 is 11.1 Å². The maximum Gasteiger partial charge on any atom is 0.234 e. The number of likely N-dealkylation sites (N-methyl/N-ethyl adjacent to an activating group) is 1. The number of hydrogen-bond acceptors (Lipinski definition) is 3. The monoisotopic (exact) mass is 297 g/mol. The first kappa shape index (κ1) is 18.4. The van der Waals surface area contributed by atoms with E-state index >= 15 is 0 Å². The molecule has 0 heterocycles. The lowest BCUT2D eigenvalue weighted by atomic mass is 9.88. The Labute approximate surface area is 130 Å². The van der Waals surface area contributed by atoms with Gasteiger partial charge in [-0.15, -0.1) is 0 Å². The minimum Gasteiger partial charge on any atom is -0.353 e. The number of amides is 1. The predicted octanol–water partition coefficient (Wildman–Crippen LogP) is 2.66. The number of nitrogens with one attached hydrogen (secondary N) is 1. The standard InChI is InChI=1S/C17H35N3O/c1-4-10-15(3)19-16(21)13-20(5-2)17(14-18)11-8-6-7-9-12-17/h15H,4-14,18H2,1-3H3,(H,19,21). The van der Waals surface area contributed by atoms with Gasteiger partial charge in [-0.2, -0.15) is 0 Å². The van der Waals surface area contributed by atoms with Crippen molar-refractivity contribution in [1.82, 2.24) is 10.2 Å². The van der Waals surface area contributed by atoms with E-state index in [0.29, 0.717) is 13.1 Å². The molecular formula is C17H35N3O. The molecule has 0 radical (unpaired) electrons. The normalized spacial score (nSPS) is 20.0. The lowest BCUT2D eigenvalue weighted by Crippen LogP contribution is -2.56. The van der Waals surface area contributed by atoms with Crippen molar-refractivity contribution in [3.8, 4) is 0 Å². The highest BCUT2D eigenvalue weighted by molar-refractivity contribution is 5.78. The number of hydrogen-bond donors (Lipinski definition) is 2. The van der Waals surface area contributed by atoms with Gasteiger partial charge in [-0.1, -0.05) is 46.0 Å². The SMILES string of the molecule is CCCC(C)NC(=O)CN(CC)C1(CN)CCCCCC1. The highest BCUT2D eigenvalue weighted by Gasteiger charge is 2.35. The third-order valence-electron chi connectivity index (χ3n) is 4.93. The van der Waals surface area contributed by atoms with Gasteiger partial charge in [0.25, 0.3) is 0 Å². The van der Waals surface area contributed by atoms with Crippen LogP contribution in [-0.4, -0.2) is 42.0 Å². The molecule has 0 aromatic heterocycles. The van der Waals surface area contributed by atoms with Crippen LogP contribution in [0.25, 0.3) is 0 Å². The summed E-state index contributed by atoms with van der Waals surface area (Å²) in [5, 5.41) is 3.12. The molecule has 1 aliphatic carbocycles. The largest absolute Gasteiger partial charge is 0.353 e. The van der Waals surface area contributed by atoms with Gasteiger partial charge in [0.05, 0.1) is 6.54 Å². The summed E-state index contributed by atoms with van der Waals surface area (Å²) in [6.07, 6.45) is 9.50. The van der Waals surface area contributed by atoms with Crippen molar-refractivity contribution in [2.75, 3.05) is 19.6 Å². The summed E-state index contributed by atoms with van der Waals surface area (Å²) in [4.78, 5) is 14.6. The van der Waals surface area contributed by atoms with Crippen molar-refractivity contribution < 1.29 is 4.79 Å². The highest BCUT2D eigenvalue weighted by Crippen LogP contribution is 2.31. The number of nitrogens with two attached hydrogens (primary N) is 1. The van der Waals surface area contributed by atoms with E-state index in [9.17, 15) is 4.79 Å². The van der Waals surface area contributed by atoms with E-state index < -0.39 is 0 Å². The van der Waals surface area contributed by atoms with Gasteiger partial charge in [0.15, 0.2) is 0 Å². The number of carbonyl (C=O) groups is 1. The molecule has 4 nitrogen and oxygen atoms in total. The van der Waals surface area contributed by atoms with Gasteiger partial charge in [-0.25, -0.2) is 0 Å². The van der Waals surface area contributed by atoms with Crippen molar-refractivity contribution in [1.29, 1.82) is 0 Å². The van der Waals surface area contributed by atoms with Crippen molar-refractivity contribution >= 4 is 5.91 Å². The molecule has 3 N–H and O–H groups in total. The molecule has 1 unspecified atom stereocenters. The van der Waals surface area contributed by atoms with Crippen LogP contribution >= 0.6 is 0 Å². The highest BCUT2D eigenvalue weighted by atomic mass is 16.2. The quantitative estimate of drug-likeness (QED) is 0.677. The maximum absolute atomic E-state index is 12.3. The second kappa shape index (κ2) is 9.42. The summed E-state index contributed by atoms with van der Waals surface area (Å²) in [7, 11) is 0. The number of rotatable bonds is 8. The molecule has 0 spiro atoms. The molecule has 124 valence electrons. The van der Waals surface area contributed by atoms with Gasteiger partial charge in [-0.05, 0) is 32.7 Å². The first-order chi connectivity index (χ1) is 10.1. The zero-order valence-corrected chi connectivity index (χ0v) is 14.3. The van der Waals surface area contributed by atoms with Crippen LogP contribution in [0.5, 0.6) is 0 Å². The lowest BCUT2D eigenvalue weighted by Gasteiger charge is -2.42. The van der Waals surface area contributed by atoms with Crippen molar-refractivity contribution in [2.24, 2.45) is 5.73 Å². The molecule has 1 amide bonds. The molecule has 1 aliphatic rings. The second-order valence-electron chi connectivity index (χ2n) is 6.61. The minimum absolute atomic E-state index is 0.0383. The Bertz CT molecular complexity index is 298. The van der Waals surface area contributed by atoms with Crippen LogP contribution in [0, 0.1) is 0 Å². The molecule has 0 saturated heterocycles. The van der Waals surface area contributed by atoms with E-state index in [1.54, 1.807) is 0 Å². The summed E-state index contributed by atoms with van der Waals surface area (Å²) < 4.78 is 0. The molecular weight excluding hydrogens is 262 g/mol. The Balaban J connectivity index is 2.64. The molecule has 1 fully saturated rings. The van der Waals surface area contributed by atoms with Crippen LogP contribution in [0.1, 0.15) is 72.1 Å². The third-order valence-corrected chi connectivity index (χ3v) is 4.93. The smallest absolute Gasteiger partial charge is 0.234 e. The molecule has 0 aromatic rings. The Hall–Kier alpha value is -0.610. The third kappa shape index (κ3) is 5.59. The summed E-state index contributed by atoms with van der Waals surface area (Å²) >= 11 is 0. The summed E-state index contributed by atoms with van der Waals surface area (Å²) in [5.74, 6) is 0.148. The Morgan fingerprint density at radius 2 is 1.86 bits per heavy atom. The molecule has 1 atom stereocenters. The van der Waals surface area contributed by atoms with E-state index in [2.05, 4.69) is 31.0 Å². The summed E-state index contributed by atoms with van der Waals surface area (Å²) in [5.41, 5.74) is 6.17. The molecule has 4 heteroatoms. The fourth-order valence-electron chi connectivity index (χ4n) is 3.65. The van der Waals surface area contributed by atoms with Gasteiger partial charge in [0, 0.05) is 18.1 Å². The molecule has 0 aromatic carbocycles. The number of nitrogens with zero attached hydrogens (tertiary/aromatic N) is 1. The van der Waals surface area contributed by atoms with Gasteiger partial charge in [0.1, 0.15) is 0 Å². The maximum atomic E-state index is 12.3. The topological polar surface area (TPSA) is 58.4 Å². The van der Waals surface area contributed by atoms with E-state index in [1.165, 1.54) is 25.7 Å². The number of carbonyl (C=O) groups excluding carboxylic acids is 1. The van der Waals surface area contributed by atoms with Crippen molar-refractivity contribution in [2.45, 2.75) is 83.7 Å². The van der Waals surface area contributed by atoms with Crippen molar-refractivity contribution in [3.05, 3.63) is 0 Å². The van der Waals surface area contributed by atoms with Crippen LogP contribution in [0.15, 0.2) is 0 Å². The molecule has 0 aliphatic heterocycles. The summed E-state index contributed by atoms with van der Waals surface area (Å²) in [6.45, 7) is 8.43. The minimum atomic E-state index is 0.0383. The first-order valence-corrected chi connectivity index (χ1v) is 8.82. The van der Waals surface area contributed by atoms with Crippen molar-refractivity contribution in [3.63, 3.8) is 0 Å². The lowest BCUT2D eigenvalue weighted by molar-refractivity contribution is -0.124. The Morgan fingerprint density at radius 3 is 2.33 bits per heavy atom. The van der Waals surface area contributed by atoms with E-state index in [0.717, 1.165) is 32.2 Å². The van der Waals surface area contributed by atoms with Gasteiger partial charge >= 0.3 is 0 Å². The predicted molar refractivity (Wildman–Crippen MR) is 89.2 cm³/mol. The van der Waals surface area contributed by atoms with Crippen LogP contribution in [0.4, 0.5) is 0 Å².